The molecular weight excluding hydrogens is 251 g/mol. The first-order valence-electron chi connectivity index (χ1n) is 6.61. The summed E-state index contributed by atoms with van der Waals surface area (Å²) < 4.78 is 12.4. The van der Waals surface area contributed by atoms with Crippen LogP contribution in [0.15, 0.2) is 5.51 Å². The van der Waals surface area contributed by atoms with Crippen LogP contribution in [0.3, 0.4) is 0 Å². The predicted molar refractivity (Wildman–Crippen MR) is 70.8 cm³/mol. The first-order valence-corrected chi connectivity index (χ1v) is 7.49. The second-order valence-electron chi connectivity index (χ2n) is 5.46. The highest BCUT2D eigenvalue weighted by Crippen LogP contribution is 2.40. The van der Waals surface area contributed by atoms with E-state index in [2.05, 4.69) is 20.0 Å². The van der Waals surface area contributed by atoms with E-state index >= 15 is 0 Å². The van der Waals surface area contributed by atoms with Crippen molar-refractivity contribution in [3.8, 4) is 0 Å². The van der Waals surface area contributed by atoms with E-state index in [4.69, 9.17) is 0 Å². The van der Waals surface area contributed by atoms with Crippen molar-refractivity contribution in [2.45, 2.75) is 19.3 Å². The second-order valence-corrected chi connectivity index (χ2v) is 6.27. The summed E-state index contributed by atoms with van der Waals surface area (Å²) in [5.41, 5.74) is 2.15. The Labute approximate surface area is 111 Å². The van der Waals surface area contributed by atoms with E-state index < -0.39 is 0 Å². The minimum Gasteiger partial charge on any atom is -0.346 e. The van der Waals surface area contributed by atoms with Crippen molar-refractivity contribution < 1.29 is 4.39 Å². The van der Waals surface area contributed by atoms with Gasteiger partial charge in [-0.2, -0.15) is 0 Å². The van der Waals surface area contributed by atoms with Crippen LogP contribution in [-0.2, 0) is 0 Å². The van der Waals surface area contributed by atoms with E-state index in [1.165, 1.54) is 19.3 Å². The van der Waals surface area contributed by atoms with Crippen molar-refractivity contribution in [3.05, 3.63) is 5.51 Å². The molecular formula is C12H19FN4S. The van der Waals surface area contributed by atoms with Gasteiger partial charge >= 0.3 is 0 Å². The van der Waals surface area contributed by atoms with E-state index in [1.807, 2.05) is 0 Å². The molecule has 100 valence electrons. The van der Waals surface area contributed by atoms with Gasteiger partial charge in [-0.1, -0.05) is 11.3 Å². The number of hydrogen-bond acceptors (Lipinski definition) is 5. The van der Waals surface area contributed by atoms with Crippen LogP contribution in [0.1, 0.15) is 19.3 Å². The molecule has 0 saturated carbocycles. The molecule has 0 amide bonds. The number of anilines is 1. The Morgan fingerprint density at radius 1 is 1.33 bits per heavy atom. The van der Waals surface area contributed by atoms with Gasteiger partial charge in [0, 0.05) is 31.6 Å². The molecule has 0 bridgehead atoms. The molecule has 4 nitrogen and oxygen atoms in total. The van der Waals surface area contributed by atoms with Gasteiger partial charge in [0.1, 0.15) is 12.2 Å². The molecule has 18 heavy (non-hydrogen) atoms. The van der Waals surface area contributed by atoms with Crippen LogP contribution < -0.4 is 4.90 Å². The van der Waals surface area contributed by atoms with Crippen LogP contribution in [0.2, 0.25) is 0 Å². The topological polar surface area (TPSA) is 32.3 Å². The van der Waals surface area contributed by atoms with E-state index in [1.54, 1.807) is 16.8 Å². The number of piperidine rings is 1. The largest absolute Gasteiger partial charge is 0.346 e. The average Bonchev–Trinajstić information content (AvgIpc) is 3.01. The minimum absolute atomic E-state index is 0.226. The zero-order valence-corrected chi connectivity index (χ0v) is 11.3. The Morgan fingerprint density at radius 3 is 3.06 bits per heavy atom. The molecule has 0 N–H and O–H groups in total. The van der Waals surface area contributed by atoms with Gasteiger partial charge in [0.2, 0.25) is 5.13 Å². The van der Waals surface area contributed by atoms with Gasteiger partial charge in [-0.05, 0) is 25.8 Å². The molecule has 6 heteroatoms. The highest BCUT2D eigenvalue weighted by Gasteiger charge is 2.41. The molecule has 1 aromatic heterocycles. The quantitative estimate of drug-likeness (QED) is 0.838. The van der Waals surface area contributed by atoms with Crippen LogP contribution in [0.25, 0.3) is 0 Å². The summed E-state index contributed by atoms with van der Waals surface area (Å²) in [5.74, 6) is 0. The zero-order valence-electron chi connectivity index (χ0n) is 10.5. The lowest BCUT2D eigenvalue weighted by atomic mass is 9.79. The molecule has 2 aliphatic heterocycles. The van der Waals surface area contributed by atoms with Gasteiger partial charge in [0.05, 0.1) is 0 Å². The van der Waals surface area contributed by atoms with Crippen LogP contribution in [0.5, 0.6) is 0 Å². The number of hydrogen-bond donors (Lipinski definition) is 0. The van der Waals surface area contributed by atoms with E-state index in [9.17, 15) is 4.39 Å². The summed E-state index contributed by atoms with van der Waals surface area (Å²) in [6, 6.07) is 0. The summed E-state index contributed by atoms with van der Waals surface area (Å²) in [7, 11) is 0. The fourth-order valence-corrected chi connectivity index (χ4v) is 3.94. The minimum atomic E-state index is -0.226. The molecule has 2 fully saturated rings. The lowest BCUT2D eigenvalue weighted by Crippen LogP contribution is -2.45. The highest BCUT2D eigenvalue weighted by atomic mass is 32.1. The third kappa shape index (κ3) is 2.36. The summed E-state index contributed by atoms with van der Waals surface area (Å²) in [5, 5.41) is 9.13. The van der Waals surface area contributed by atoms with Crippen molar-refractivity contribution in [2.24, 2.45) is 5.41 Å². The summed E-state index contributed by atoms with van der Waals surface area (Å²) in [6.07, 6.45) is 3.68. The molecule has 1 atom stereocenters. The lowest BCUT2D eigenvalue weighted by Gasteiger charge is -2.40. The van der Waals surface area contributed by atoms with Crippen LogP contribution in [0, 0.1) is 5.41 Å². The highest BCUT2D eigenvalue weighted by molar-refractivity contribution is 7.13. The predicted octanol–water partition coefficient (Wildman–Crippen LogP) is 1.80. The van der Waals surface area contributed by atoms with Crippen molar-refractivity contribution in [3.63, 3.8) is 0 Å². The maximum atomic E-state index is 12.4. The molecule has 0 unspecified atom stereocenters. The first kappa shape index (κ1) is 12.3. The van der Waals surface area contributed by atoms with Gasteiger partial charge in [-0.15, -0.1) is 10.2 Å². The average molecular weight is 270 g/mol. The smallest absolute Gasteiger partial charge is 0.208 e. The fraction of sp³-hybridized carbons (Fsp3) is 0.833. The monoisotopic (exact) mass is 270 g/mol. The number of likely N-dealkylation sites (tertiary alicyclic amines) is 1. The molecule has 3 rings (SSSR count). The van der Waals surface area contributed by atoms with Crippen molar-refractivity contribution in [2.75, 3.05) is 44.3 Å². The third-order valence-corrected chi connectivity index (χ3v) is 4.95. The normalized spacial score (nSPS) is 29.3. The Bertz CT molecular complexity index is 385. The molecule has 0 aliphatic carbocycles. The van der Waals surface area contributed by atoms with Crippen LogP contribution >= 0.6 is 11.3 Å². The van der Waals surface area contributed by atoms with Gasteiger partial charge in [-0.3, -0.25) is 0 Å². The summed E-state index contributed by atoms with van der Waals surface area (Å²) >= 11 is 1.61. The van der Waals surface area contributed by atoms with Gasteiger partial charge < -0.3 is 9.80 Å². The maximum absolute atomic E-state index is 12.4. The van der Waals surface area contributed by atoms with Gasteiger partial charge in [-0.25, -0.2) is 4.39 Å². The third-order valence-electron chi connectivity index (χ3n) is 4.20. The first-order chi connectivity index (χ1) is 8.81. The Balaban J connectivity index is 1.67. The van der Waals surface area contributed by atoms with E-state index in [0.29, 0.717) is 12.0 Å². The zero-order chi connectivity index (χ0) is 12.4. The number of aromatic nitrogens is 2. The molecule has 1 spiro atoms. The molecule has 2 saturated heterocycles. The molecule has 0 radical (unpaired) electrons. The van der Waals surface area contributed by atoms with E-state index in [0.717, 1.165) is 31.3 Å². The van der Waals surface area contributed by atoms with Gasteiger partial charge in [0.25, 0.3) is 0 Å². The van der Waals surface area contributed by atoms with E-state index in [-0.39, 0.29) is 6.67 Å². The SMILES string of the molecule is FCCN1CC[C@@]2(CCCN(c3nncs3)C2)C1. The molecule has 0 aromatic carbocycles. The molecule has 2 aliphatic rings. The number of rotatable bonds is 3. The Morgan fingerprint density at radius 2 is 2.28 bits per heavy atom. The van der Waals surface area contributed by atoms with Crippen molar-refractivity contribution in [1.82, 2.24) is 15.1 Å². The standard InChI is InChI=1S/C12H19FN4S/c13-4-7-16-6-3-12(8-16)2-1-5-17(9-12)11-15-14-10-18-11/h10H,1-9H2/t12-/m0/s1. The number of nitrogens with zero attached hydrogens (tertiary/aromatic N) is 4. The Hall–Kier alpha value is -0.750. The van der Waals surface area contributed by atoms with Crippen molar-refractivity contribution >= 4 is 16.5 Å². The van der Waals surface area contributed by atoms with Gasteiger partial charge in [0.15, 0.2) is 0 Å². The van der Waals surface area contributed by atoms with Crippen LogP contribution in [-0.4, -0.2) is 54.5 Å². The maximum Gasteiger partial charge on any atom is 0.208 e. The molecule has 1 aromatic rings. The number of halogens is 1. The second kappa shape index (κ2) is 5.09. The lowest BCUT2D eigenvalue weighted by molar-refractivity contribution is 0.212. The summed E-state index contributed by atoms with van der Waals surface area (Å²) in [6.45, 7) is 4.61. The van der Waals surface area contributed by atoms with Crippen molar-refractivity contribution in [1.29, 1.82) is 0 Å². The number of alkyl halides is 1. The molecule has 3 heterocycles. The summed E-state index contributed by atoms with van der Waals surface area (Å²) in [4.78, 5) is 4.63. The fourth-order valence-electron chi connectivity index (χ4n) is 3.35. The van der Waals surface area contributed by atoms with Crippen LogP contribution in [0.4, 0.5) is 9.52 Å². The Kier molecular flexibility index (Phi) is 3.48.